The van der Waals surface area contributed by atoms with E-state index in [-0.39, 0.29) is 11.9 Å². The Balaban J connectivity index is 2.35. The highest BCUT2D eigenvalue weighted by atomic mass is 16.5. The number of hydrogen-bond acceptors (Lipinski definition) is 5. The Hall–Kier alpha value is -0.690. The van der Waals surface area contributed by atoms with Gasteiger partial charge in [0.1, 0.15) is 0 Å². The minimum absolute atomic E-state index is 0.0429. The van der Waals surface area contributed by atoms with Crippen molar-refractivity contribution in [2.75, 3.05) is 53.6 Å². The van der Waals surface area contributed by atoms with E-state index in [1.54, 1.807) is 14.2 Å². The molecule has 1 aliphatic heterocycles. The zero-order valence-electron chi connectivity index (χ0n) is 13.0. The summed E-state index contributed by atoms with van der Waals surface area (Å²) in [4.78, 5) is 14.2. The zero-order valence-corrected chi connectivity index (χ0v) is 13.0. The van der Waals surface area contributed by atoms with Gasteiger partial charge < -0.3 is 20.1 Å². The number of ether oxygens (including phenoxy) is 2. The molecule has 0 spiro atoms. The van der Waals surface area contributed by atoms with Gasteiger partial charge in [-0.15, -0.1) is 0 Å². The summed E-state index contributed by atoms with van der Waals surface area (Å²) in [7, 11) is 3.33. The van der Waals surface area contributed by atoms with Crippen molar-refractivity contribution in [1.82, 2.24) is 15.5 Å². The van der Waals surface area contributed by atoms with Gasteiger partial charge in [0.15, 0.2) is 0 Å². The zero-order chi connectivity index (χ0) is 14.8. The summed E-state index contributed by atoms with van der Waals surface area (Å²) in [5.74, 6) is 0.0450. The van der Waals surface area contributed by atoms with Crippen LogP contribution >= 0.6 is 0 Å². The molecule has 1 fully saturated rings. The molecule has 0 aliphatic carbocycles. The molecule has 2 atom stereocenters. The maximum Gasteiger partial charge on any atom is 0.234 e. The molecule has 0 aromatic heterocycles. The lowest BCUT2D eigenvalue weighted by Crippen LogP contribution is -2.46. The van der Waals surface area contributed by atoms with Gasteiger partial charge >= 0.3 is 0 Å². The molecule has 0 radical (unpaired) electrons. The smallest absolute Gasteiger partial charge is 0.234 e. The topological polar surface area (TPSA) is 62.8 Å². The number of methoxy groups -OCH3 is 2. The van der Waals surface area contributed by atoms with Crippen molar-refractivity contribution in [3.05, 3.63) is 0 Å². The van der Waals surface area contributed by atoms with Crippen molar-refractivity contribution in [1.29, 1.82) is 0 Å². The van der Waals surface area contributed by atoms with Crippen LogP contribution in [0.25, 0.3) is 0 Å². The monoisotopic (exact) mass is 287 g/mol. The summed E-state index contributed by atoms with van der Waals surface area (Å²) >= 11 is 0. The van der Waals surface area contributed by atoms with E-state index in [0.29, 0.717) is 25.8 Å². The fraction of sp³-hybridized carbons (Fsp3) is 0.929. The van der Waals surface area contributed by atoms with Gasteiger partial charge in [-0.1, -0.05) is 0 Å². The summed E-state index contributed by atoms with van der Waals surface area (Å²) in [6.07, 6.45) is 2.41. The molecule has 0 saturated carbocycles. The molecule has 1 rings (SSSR count). The van der Waals surface area contributed by atoms with Gasteiger partial charge in [-0.2, -0.15) is 0 Å². The standard InChI is InChI=1S/C14H29N3O3/c1-12(11-20-3)16-14(18)10-17(7-8-19-2)9-13-5-4-6-15-13/h12-13,15H,4-11H2,1-3H3,(H,16,18). The first-order valence-corrected chi connectivity index (χ1v) is 7.38. The van der Waals surface area contributed by atoms with E-state index in [2.05, 4.69) is 15.5 Å². The molecule has 2 N–H and O–H groups in total. The van der Waals surface area contributed by atoms with Gasteiger partial charge in [0, 0.05) is 39.4 Å². The second-order valence-electron chi connectivity index (χ2n) is 5.45. The van der Waals surface area contributed by atoms with Crippen molar-refractivity contribution < 1.29 is 14.3 Å². The second-order valence-corrected chi connectivity index (χ2v) is 5.45. The molecule has 6 heteroatoms. The molecule has 1 saturated heterocycles. The van der Waals surface area contributed by atoms with E-state index < -0.39 is 0 Å². The molecule has 0 aromatic rings. The van der Waals surface area contributed by atoms with Crippen LogP contribution in [0.3, 0.4) is 0 Å². The van der Waals surface area contributed by atoms with Crippen molar-refractivity contribution in [3.8, 4) is 0 Å². The summed E-state index contributed by atoms with van der Waals surface area (Å²) in [6.45, 7) is 6.30. The van der Waals surface area contributed by atoms with Crippen molar-refractivity contribution in [3.63, 3.8) is 0 Å². The van der Waals surface area contributed by atoms with Gasteiger partial charge in [-0.25, -0.2) is 0 Å². The second kappa shape index (κ2) is 10.1. The van der Waals surface area contributed by atoms with E-state index in [9.17, 15) is 4.79 Å². The largest absolute Gasteiger partial charge is 0.383 e. The van der Waals surface area contributed by atoms with Crippen LogP contribution in [0.15, 0.2) is 0 Å². The van der Waals surface area contributed by atoms with Gasteiger partial charge in [-0.05, 0) is 26.3 Å². The Kier molecular flexibility index (Phi) is 8.77. The van der Waals surface area contributed by atoms with Gasteiger partial charge in [0.2, 0.25) is 5.91 Å². The van der Waals surface area contributed by atoms with Crippen molar-refractivity contribution in [2.45, 2.75) is 31.8 Å². The first-order chi connectivity index (χ1) is 9.65. The van der Waals surface area contributed by atoms with Crippen LogP contribution in [0.2, 0.25) is 0 Å². The third-order valence-corrected chi connectivity index (χ3v) is 3.44. The minimum Gasteiger partial charge on any atom is -0.383 e. The first-order valence-electron chi connectivity index (χ1n) is 7.38. The average Bonchev–Trinajstić information content (AvgIpc) is 2.88. The first kappa shape index (κ1) is 17.4. The quantitative estimate of drug-likeness (QED) is 0.584. The van der Waals surface area contributed by atoms with E-state index in [4.69, 9.17) is 9.47 Å². The molecule has 0 bridgehead atoms. The third kappa shape index (κ3) is 7.19. The van der Waals surface area contributed by atoms with E-state index in [0.717, 1.165) is 19.6 Å². The number of carbonyl (C=O) groups excluding carboxylic acids is 1. The summed E-state index contributed by atoms with van der Waals surface area (Å²) in [5, 5.41) is 6.41. The van der Waals surface area contributed by atoms with Crippen LogP contribution in [0.5, 0.6) is 0 Å². The Morgan fingerprint density at radius 3 is 2.85 bits per heavy atom. The maximum absolute atomic E-state index is 12.0. The molecular weight excluding hydrogens is 258 g/mol. The molecular formula is C14H29N3O3. The Labute approximate surface area is 122 Å². The Morgan fingerprint density at radius 2 is 2.25 bits per heavy atom. The van der Waals surface area contributed by atoms with Crippen LogP contribution in [-0.2, 0) is 14.3 Å². The lowest BCUT2D eigenvalue weighted by Gasteiger charge is -2.25. The highest BCUT2D eigenvalue weighted by Gasteiger charge is 2.20. The van der Waals surface area contributed by atoms with E-state index in [1.807, 2.05) is 6.92 Å². The Bertz CT molecular complexity index is 270. The van der Waals surface area contributed by atoms with Crippen molar-refractivity contribution >= 4 is 5.91 Å². The van der Waals surface area contributed by atoms with Crippen LogP contribution in [0.4, 0.5) is 0 Å². The normalized spacial score (nSPS) is 20.3. The van der Waals surface area contributed by atoms with E-state index >= 15 is 0 Å². The Morgan fingerprint density at radius 1 is 1.45 bits per heavy atom. The maximum atomic E-state index is 12.0. The number of rotatable bonds is 10. The van der Waals surface area contributed by atoms with Crippen LogP contribution in [0.1, 0.15) is 19.8 Å². The predicted molar refractivity (Wildman–Crippen MR) is 78.8 cm³/mol. The molecule has 6 nitrogen and oxygen atoms in total. The number of amides is 1. The lowest BCUT2D eigenvalue weighted by molar-refractivity contribution is -0.123. The lowest BCUT2D eigenvalue weighted by atomic mass is 10.2. The van der Waals surface area contributed by atoms with Crippen molar-refractivity contribution in [2.24, 2.45) is 0 Å². The molecule has 1 heterocycles. The number of nitrogens with zero attached hydrogens (tertiary/aromatic N) is 1. The molecule has 1 aliphatic rings. The molecule has 2 unspecified atom stereocenters. The number of hydrogen-bond donors (Lipinski definition) is 2. The molecule has 20 heavy (non-hydrogen) atoms. The van der Waals surface area contributed by atoms with Gasteiger partial charge in [0.05, 0.1) is 19.8 Å². The number of nitrogens with one attached hydrogen (secondary N) is 2. The van der Waals surface area contributed by atoms with Crippen LogP contribution < -0.4 is 10.6 Å². The molecule has 118 valence electrons. The third-order valence-electron chi connectivity index (χ3n) is 3.44. The fourth-order valence-corrected chi connectivity index (χ4v) is 2.49. The summed E-state index contributed by atoms with van der Waals surface area (Å²) < 4.78 is 10.1. The predicted octanol–water partition coefficient (Wildman–Crippen LogP) is -0.162. The van der Waals surface area contributed by atoms with Crippen LogP contribution in [0, 0.1) is 0 Å². The molecule has 0 aromatic carbocycles. The minimum atomic E-state index is 0.0429. The van der Waals surface area contributed by atoms with E-state index in [1.165, 1.54) is 12.8 Å². The highest BCUT2D eigenvalue weighted by molar-refractivity contribution is 5.78. The molecule has 1 amide bonds. The summed E-state index contributed by atoms with van der Waals surface area (Å²) in [5.41, 5.74) is 0. The average molecular weight is 287 g/mol. The van der Waals surface area contributed by atoms with Gasteiger partial charge in [-0.3, -0.25) is 9.69 Å². The number of carbonyl (C=O) groups is 1. The summed E-state index contributed by atoms with van der Waals surface area (Å²) in [6, 6.07) is 0.539. The highest BCUT2D eigenvalue weighted by Crippen LogP contribution is 2.06. The van der Waals surface area contributed by atoms with Crippen LogP contribution in [-0.4, -0.2) is 76.5 Å². The van der Waals surface area contributed by atoms with Gasteiger partial charge in [0.25, 0.3) is 0 Å². The fourth-order valence-electron chi connectivity index (χ4n) is 2.49. The SMILES string of the molecule is COCCN(CC(=O)NC(C)COC)CC1CCCN1.